The molecule has 0 saturated carbocycles. The molecule has 5 nitrogen and oxygen atoms in total. The molecule has 0 unspecified atom stereocenters. The van der Waals surface area contributed by atoms with Gasteiger partial charge in [0.1, 0.15) is 22.8 Å². The summed E-state index contributed by atoms with van der Waals surface area (Å²) in [6.45, 7) is 1.73. The second-order valence-electron chi connectivity index (χ2n) is 5.62. The molecule has 23 heavy (non-hydrogen) atoms. The zero-order chi connectivity index (χ0) is 15.3. The third kappa shape index (κ3) is 2.60. The normalized spacial score (nSPS) is 15.9. The number of halogens is 3. The van der Waals surface area contributed by atoms with Gasteiger partial charge in [0.05, 0.1) is 11.1 Å². The molecule has 0 radical (unpaired) electrons. The average Bonchev–Trinajstić information content (AvgIpc) is 2.85. The molecule has 1 aromatic carbocycles. The lowest BCUT2D eigenvalue weighted by atomic mass is 9.94. The lowest BCUT2D eigenvalue weighted by Gasteiger charge is -2.23. The summed E-state index contributed by atoms with van der Waals surface area (Å²) in [5.41, 5.74) is 0.936. The van der Waals surface area contributed by atoms with Gasteiger partial charge >= 0.3 is 0 Å². The number of H-pyrrole nitrogens is 1. The molecule has 0 spiro atoms. The van der Waals surface area contributed by atoms with Crippen molar-refractivity contribution < 1.29 is 8.78 Å². The number of hydrogen-bond acceptors (Lipinski definition) is 3. The van der Waals surface area contributed by atoms with E-state index in [1.165, 1.54) is 12.1 Å². The van der Waals surface area contributed by atoms with Crippen LogP contribution in [0.25, 0.3) is 16.6 Å². The van der Waals surface area contributed by atoms with Gasteiger partial charge in [-0.05, 0) is 25.9 Å². The van der Waals surface area contributed by atoms with E-state index in [1.807, 2.05) is 0 Å². The van der Waals surface area contributed by atoms with E-state index in [0.717, 1.165) is 37.7 Å². The number of aromatic nitrogens is 3. The highest BCUT2D eigenvalue weighted by molar-refractivity contribution is 5.92. The molecule has 0 bridgehead atoms. The molecule has 2 aromatic heterocycles. The summed E-state index contributed by atoms with van der Waals surface area (Å²) in [5.74, 6) is -1.23. The van der Waals surface area contributed by atoms with Gasteiger partial charge in [-0.1, -0.05) is 0 Å². The van der Waals surface area contributed by atoms with Crippen LogP contribution in [-0.2, 0) is 0 Å². The third-order valence-electron chi connectivity index (χ3n) is 4.21. The monoisotopic (exact) mass is 340 g/mol. The first kappa shape index (κ1) is 15.9. The van der Waals surface area contributed by atoms with Gasteiger partial charge in [0.15, 0.2) is 0 Å². The van der Waals surface area contributed by atoms with Crippen molar-refractivity contribution in [3.63, 3.8) is 0 Å². The fourth-order valence-corrected chi connectivity index (χ4v) is 3.20. The van der Waals surface area contributed by atoms with Crippen molar-refractivity contribution >= 4 is 29.0 Å². The molecule has 3 aromatic rings. The summed E-state index contributed by atoms with van der Waals surface area (Å²) in [5, 5.41) is 7.71. The van der Waals surface area contributed by atoms with Crippen molar-refractivity contribution in [1.29, 1.82) is 0 Å². The summed E-state index contributed by atoms with van der Waals surface area (Å²) < 4.78 is 29.0. The van der Waals surface area contributed by atoms with E-state index in [-0.39, 0.29) is 40.4 Å². The highest BCUT2D eigenvalue weighted by Crippen LogP contribution is 2.28. The largest absolute Gasteiger partial charge is 0.317 e. The van der Waals surface area contributed by atoms with E-state index in [0.29, 0.717) is 0 Å². The van der Waals surface area contributed by atoms with E-state index in [2.05, 4.69) is 15.4 Å². The minimum atomic E-state index is -0.719. The molecule has 4 rings (SSSR count). The van der Waals surface area contributed by atoms with Gasteiger partial charge in [-0.3, -0.25) is 4.79 Å². The Morgan fingerprint density at radius 1 is 1.17 bits per heavy atom. The Kier molecular flexibility index (Phi) is 4.08. The third-order valence-corrected chi connectivity index (χ3v) is 4.21. The summed E-state index contributed by atoms with van der Waals surface area (Å²) in [6.07, 6.45) is 1.76. The molecule has 1 aliphatic heterocycles. The SMILES string of the molecule is Cl.O=c1cc(C2CCNCC2)n2nc3cc(F)cc(F)c3c2[nH]1. The molecule has 3 heterocycles. The Morgan fingerprint density at radius 3 is 2.65 bits per heavy atom. The summed E-state index contributed by atoms with van der Waals surface area (Å²) in [6, 6.07) is 3.48. The number of nitrogens with one attached hydrogen (secondary N) is 2. The first-order chi connectivity index (χ1) is 10.6. The fourth-order valence-electron chi connectivity index (χ4n) is 3.20. The molecular weight excluding hydrogens is 326 g/mol. The Hall–Kier alpha value is -1.99. The summed E-state index contributed by atoms with van der Waals surface area (Å²) >= 11 is 0. The van der Waals surface area contributed by atoms with Gasteiger partial charge in [-0.25, -0.2) is 13.3 Å². The zero-order valence-electron chi connectivity index (χ0n) is 12.1. The highest BCUT2D eigenvalue weighted by Gasteiger charge is 2.22. The van der Waals surface area contributed by atoms with Gasteiger partial charge in [-0.15, -0.1) is 12.4 Å². The minimum absolute atomic E-state index is 0. The van der Waals surface area contributed by atoms with Crippen LogP contribution in [0, 0.1) is 11.6 Å². The second kappa shape index (κ2) is 5.90. The number of nitrogens with zero attached hydrogens (tertiary/aromatic N) is 2. The maximum atomic E-state index is 14.1. The molecule has 8 heteroatoms. The number of benzene rings is 1. The molecule has 1 saturated heterocycles. The van der Waals surface area contributed by atoms with E-state index in [1.54, 1.807) is 4.52 Å². The van der Waals surface area contributed by atoms with Gasteiger partial charge in [-0.2, -0.15) is 5.10 Å². The van der Waals surface area contributed by atoms with Crippen molar-refractivity contribution in [3.05, 3.63) is 45.9 Å². The van der Waals surface area contributed by atoms with Gasteiger partial charge in [0.2, 0.25) is 0 Å². The molecule has 1 fully saturated rings. The Labute approximate surface area is 136 Å². The zero-order valence-corrected chi connectivity index (χ0v) is 12.9. The van der Waals surface area contributed by atoms with E-state index < -0.39 is 11.6 Å². The number of aromatic amines is 1. The van der Waals surface area contributed by atoms with Crippen LogP contribution in [0.4, 0.5) is 8.78 Å². The summed E-state index contributed by atoms with van der Waals surface area (Å²) in [7, 11) is 0. The van der Waals surface area contributed by atoms with Crippen LogP contribution in [0.1, 0.15) is 24.5 Å². The quantitative estimate of drug-likeness (QED) is 0.715. The highest BCUT2D eigenvalue weighted by atomic mass is 35.5. The Morgan fingerprint density at radius 2 is 1.91 bits per heavy atom. The molecule has 2 N–H and O–H groups in total. The van der Waals surface area contributed by atoms with Crippen molar-refractivity contribution in [3.8, 4) is 0 Å². The number of rotatable bonds is 1. The van der Waals surface area contributed by atoms with Crippen LogP contribution in [-0.4, -0.2) is 27.7 Å². The van der Waals surface area contributed by atoms with Crippen LogP contribution >= 0.6 is 12.4 Å². The van der Waals surface area contributed by atoms with Crippen molar-refractivity contribution in [1.82, 2.24) is 19.9 Å². The van der Waals surface area contributed by atoms with E-state index in [4.69, 9.17) is 0 Å². The molecule has 1 aliphatic rings. The van der Waals surface area contributed by atoms with Gasteiger partial charge < -0.3 is 10.3 Å². The molecule has 122 valence electrons. The predicted octanol–water partition coefficient (Wildman–Crippen LogP) is 2.34. The Balaban J connectivity index is 0.00000156. The first-order valence-electron chi connectivity index (χ1n) is 7.25. The molecule has 0 atom stereocenters. The molecule has 0 aliphatic carbocycles. The number of piperidine rings is 1. The average molecular weight is 341 g/mol. The fraction of sp³-hybridized carbons (Fsp3) is 0.333. The van der Waals surface area contributed by atoms with Crippen molar-refractivity contribution in [2.24, 2.45) is 0 Å². The maximum absolute atomic E-state index is 14.1. The lowest BCUT2D eigenvalue weighted by molar-refractivity contribution is 0.446. The van der Waals surface area contributed by atoms with Crippen LogP contribution < -0.4 is 10.9 Å². The summed E-state index contributed by atoms with van der Waals surface area (Å²) in [4.78, 5) is 14.6. The standard InChI is InChI=1S/C15H14F2N4O.ClH/c16-9-5-10(17)14-11(6-9)20-21-12(7-13(22)19-15(14)21)8-1-3-18-4-2-8;/h5-8,18H,1-4H2,(H,19,22);1H. The Bertz CT molecular complexity index is 931. The minimum Gasteiger partial charge on any atom is -0.317 e. The van der Waals surface area contributed by atoms with Crippen LogP contribution in [0.15, 0.2) is 23.0 Å². The van der Waals surface area contributed by atoms with Crippen LogP contribution in [0.5, 0.6) is 0 Å². The number of hydrogen-bond donors (Lipinski definition) is 2. The molecular formula is C15H15ClF2N4O. The van der Waals surface area contributed by atoms with Crippen molar-refractivity contribution in [2.75, 3.05) is 13.1 Å². The van der Waals surface area contributed by atoms with E-state index in [9.17, 15) is 13.6 Å². The first-order valence-corrected chi connectivity index (χ1v) is 7.25. The lowest BCUT2D eigenvalue weighted by Crippen LogP contribution is -2.28. The van der Waals surface area contributed by atoms with Crippen LogP contribution in [0.2, 0.25) is 0 Å². The van der Waals surface area contributed by atoms with Gasteiger partial charge in [0.25, 0.3) is 5.56 Å². The predicted molar refractivity (Wildman–Crippen MR) is 85.3 cm³/mol. The van der Waals surface area contributed by atoms with Crippen molar-refractivity contribution in [2.45, 2.75) is 18.8 Å². The molecule has 0 amide bonds. The van der Waals surface area contributed by atoms with E-state index >= 15 is 0 Å². The second-order valence-corrected chi connectivity index (χ2v) is 5.62. The topological polar surface area (TPSA) is 62.2 Å². The maximum Gasteiger partial charge on any atom is 0.251 e. The number of fused-ring (bicyclic) bond motifs is 3. The van der Waals surface area contributed by atoms with Gasteiger partial charge in [0, 0.05) is 24.1 Å². The smallest absolute Gasteiger partial charge is 0.251 e. The van der Waals surface area contributed by atoms with Crippen LogP contribution in [0.3, 0.4) is 0 Å².